The SMILES string of the molecule is CCOCCC1=NCCc2c(CC)nn(C3CC=CC3)c21. The zero-order valence-electron chi connectivity index (χ0n) is 13.1. The zero-order chi connectivity index (χ0) is 14.7. The number of aryl methyl sites for hydroxylation is 1. The summed E-state index contributed by atoms with van der Waals surface area (Å²) in [6.07, 6.45) is 9.67. The maximum absolute atomic E-state index is 5.53. The van der Waals surface area contributed by atoms with E-state index in [1.807, 2.05) is 6.92 Å². The Kier molecular flexibility index (Phi) is 4.54. The molecule has 0 bridgehead atoms. The highest BCUT2D eigenvalue weighted by molar-refractivity contribution is 6.01. The molecule has 0 atom stereocenters. The van der Waals surface area contributed by atoms with E-state index in [1.54, 1.807) is 0 Å². The Hall–Kier alpha value is -1.42. The van der Waals surface area contributed by atoms with Gasteiger partial charge in [0, 0.05) is 25.1 Å². The fourth-order valence-electron chi connectivity index (χ4n) is 3.32. The molecule has 2 heterocycles. The summed E-state index contributed by atoms with van der Waals surface area (Å²) in [5, 5.41) is 4.93. The highest BCUT2D eigenvalue weighted by Crippen LogP contribution is 2.30. The zero-order valence-corrected chi connectivity index (χ0v) is 13.1. The minimum atomic E-state index is 0.481. The predicted molar refractivity (Wildman–Crippen MR) is 85.2 cm³/mol. The molecule has 114 valence electrons. The van der Waals surface area contributed by atoms with Crippen LogP contribution < -0.4 is 0 Å². The third-order valence-corrected chi connectivity index (χ3v) is 4.38. The molecule has 0 fully saturated rings. The number of nitrogens with zero attached hydrogens (tertiary/aromatic N) is 3. The monoisotopic (exact) mass is 287 g/mol. The first-order valence-electron chi connectivity index (χ1n) is 8.21. The van der Waals surface area contributed by atoms with Crippen LogP contribution in [0.4, 0.5) is 0 Å². The highest BCUT2D eigenvalue weighted by atomic mass is 16.5. The number of rotatable bonds is 6. The van der Waals surface area contributed by atoms with Crippen molar-refractivity contribution in [1.29, 1.82) is 0 Å². The van der Waals surface area contributed by atoms with Crippen molar-refractivity contribution in [2.75, 3.05) is 19.8 Å². The minimum absolute atomic E-state index is 0.481. The van der Waals surface area contributed by atoms with Crippen LogP contribution in [0.25, 0.3) is 0 Å². The van der Waals surface area contributed by atoms with Gasteiger partial charge in [-0.3, -0.25) is 9.67 Å². The Bertz CT molecular complexity index is 549. The summed E-state index contributed by atoms with van der Waals surface area (Å²) in [7, 11) is 0. The molecule has 0 amide bonds. The molecule has 4 nitrogen and oxygen atoms in total. The van der Waals surface area contributed by atoms with E-state index in [-0.39, 0.29) is 0 Å². The van der Waals surface area contributed by atoms with Crippen molar-refractivity contribution in [3.8, 4) is 0 Å². The molecule has 1 aromatic heterocycles. The third-order valence-electron chi connectivity index (χ3n) is 4.38. The van der Waals surface area contributed by atoms with Gasteiger partial charge in [0.15, 0.2) is 0 Å². The molecule has 0 saturated carbocycles. The average Bonchev–Trinajstić information content (AvgIpc) is 3.14. The number of hydrogen-bond donors (Lipinski definition) is 0. The van der Waals surface area contributed by atoms with Crippen LogP contribution in [-0.2, 0) is 17.6 Å². The van der Waals surface area contributed by atoms with Crippen molar-refractivity contribution in [2.45, 2.75) is 52.0 Å². The van der Waals surface area contributed by atoms with Crippen molar-refractivity contribution in [3.63, 3.8) is 0 Å². The summed E-state index contributed by atoms with van der Waals surface area (Å²) >= 11 is 0. The van der Waals surface area contributed by atoms with Crippen LogP contribution >= 0.6 is 0 Å². The van der Waals surface area contributed by atoms with Gasteiger partial charge in [0.2, 0.25) is 0 Å². The molecule has 0 N–H and O–H groups in total. The molecular formula is C17H25N3O. The molecule has 2 aliphatic rings. The first kappa shape index (κ1) is 14.5. The maximum atomic E-state index is 5.53. The van der Waals surface area contributed by atoms with Crippen LogP contribution in [0, 0.1) is 0 Å². The van der Waals surface area contributed by atoms with Gasteiger partial charge in [0.1, 0.15) is 0 Å². The quantitative estimate of drug-likeness (QED) is 0.596. The number of allylic oxidation sites excluding steroid dienone is 2. The Labute approximate surface area is 126 Å². The smallest absolute Gasteiger partial charge is 0.0860 e. The van der Waals surface area contributed by atoms with Crippen LogP contribution in [0.2, 0.25) is 0 Å². The van der Waals surface area contributed by atoms with E-state index in [2.05, 4.69) is 23.8 Å². The van der Waals surface area contributed by atoms with E-state index >= 15 is 0 Å². The number of aliphatic imine (C=N–C) groups is 1. The lowest BCUT2D eigenvalue weighted by Gasteiger charge is -2.19. The Morgan fingerprint density at radius 3 is 2.81 bits per heavy atom. The Morgan fingerprint density at radius 1 is 1.29 bits per heavy atom. The lowest BCUT2D eigenvalue weighted by molar-refractivity contribution is 0.155. The molecular weight excluding hydrogens is 262 g/mol. The molecule has 0 unspecified atom stereocenters. The van der Waals surface area contributed by atoms with Crippen LogP contribution in [0.15, 0.2) is 17.1 Å². The van der Waals surface area contributed by atoms with Gasteiger partial charge in [0.25, 0.3) is 0 Å². The minimum Gasteiger partial charge on any atom is -0.381 e. The van der Waals surface area contributed by atoms with Gasteiger partial charge in [-0.2, -0.15) is 5.10 Å². The van der Waals surface area contributed by atoms with Crippen LogP contribution in [0.5, 0.6) is 0 Å². The second-order valence-electron chi connectivity index (χ2n) is 5.69. The molecule has 0 aromatic carbocycles. The van der Waals surface area contributed by atoms with E-state index in [0.717, 1.165) is 51.9 Å². The summed E-state index contributed by atoms with van der Waals surface area (Å²) in [6.45, 7) is 6.66. The fraction of sp³-hybridized carbons (Fsp3) is 0.647. The summed E-state index contributed by atoms with van der Waals surface area (Å²) in [4.78, 5) is 4.78. The van der Waals surface area contributed by atoms with Gasteiger partial charge in [-0.15, -0.1) is 0 Å². The van der Waals surface area contributed by atoms with E-state index in [1.165, 1.54) is 22.7 Å². The largest absolute Gasteiger partial charge is 0.381 e. The molecule has 1 aliphatic heterocycles. The number of hydrogen-bond acceptors (Lipinski definition) is 3. The lowest BCUT2D eigenvalue weighted by atomic mass is 9.99. The average molecular weight is 287 g/mol. The van der Waals surface area contributed by atoms with Crippen molar-refractivity contribution in [2.24, 2.45) is 4.99 Å². The van der Waals surface area contributed by atoms with E-state index < -0.39 is 0 Å². The highest BCUT2D eigenvalue weighted by Gasteiger charge is 2.27. The van der Waals surface area contributed by atoms with Crippen LogP contribution in [0.3, 0.4) is 0 Å². The molecule has 21 heavy (non-hydrogen) atoms. The maximum Gasteiger partial charge on any atom is 0.0860 e. The van der Waals surface area contributed by atoms with Crippen LogP contribution in [0.1, 0.15) is 56.1 Å². The summed E-state index contributed by atoms with van der Waals surface area (Å²) in [5.74, 6) is 0. The normalized spacial score (nSPS) is 18.1. The van der Waals surface area contributed by atoms with Gasteiger partial charge in [0.05, 0.1) is 29.7 Å². The number of ether oxygens (including phenoxy) is 1. The second kappa shape index (κ2) is 6.56. The van der Waals surface area contributed by atoms with E-state index in [4.69, 9.17) is 14.8 Å². The summed E-state index contributed by atoms with van der Waals surface area (Å²) in [5.41, 5.74) is 5.20. The van der Waals surface area contributed by atoms with Crippen LogP contribution in [-0.4, -0.2) is 35.3 Å². The molecule has 1 aliphatic carbocycles. The van der Waals surface area contributed by atoms with Crippen molar-refractivity contribution in [3.05, 3.63) is 29.1 Å². The molecule has 0 radical (unpaired) electrons. The summed E-state index contributed by atoms with van der Waals surface area (Å²) in [6, 6.07) is 0.481. The number of fused-ring (bicyclic) bond motifs is 1. The first-order valence-corrected chi connectivity index (χ1v) is 8.21. The fourth-order valence-corrected chi connectivity index (χ4v) is 3.32. The van der Waals surface area contributed by atoms with Gasteiger partial charge in [-0.25, -0.2) is 0 Å². The van der Waals surface area contributed by atoms with Gasteiger partial charge in [-0.1, -0.05) is 19.1 Å². The van der Waals surface area contributed by atoms with Crippen molar-refractivity contribution in [1.82, 2.24) is 9.78 Å². The second-order valence-corrected chi connectivity index (χ2v) is 5.69. The standard InChI is InChI=1S/C17H25N3O/c1-3-15-14-9-11-18-16(10-12-21-4-2)17(14)20(19-15)13-7-5-6-8-13/h5-6,13H,3-4,7-12H2,1-2H3. The first-order chi connectivity index (χ1) is 10.3. The van der Waals surface area contributed by atoms with Gasteiger partial charge >= 0.3 is 0 Å². The summed E-state index contributed by atoms with van der Waals surface area (Å²) < 4.78 is 7.79. The Morgan fingerprint density at radius 2 is 2.10 bits per heavy atom. The van der Waals surface area contributed by atoms with E-state index in [9.17, 15) is 0 Å². The lowest BCUT2D eigenvalue weighted by Crippen LogP contribution is -2.21. The third kappa shape index (κ3) is 2.82. The molecule has 3 rings (SSSR count). The van der Waals surface area contributed by atoms with Gasteiger partial charge in [-0.05, 0) is 32.6 Å². The molecule has 0 saturated heterocycles. The van der Waals surface area contributed by atoms with Crippen molar-refractivity contribution >= 4 is 5.71 Å². The van der Waals surface area contributed by atoms with Crippen molar-refractivity contribution < 1.29 is 4.74 Å². The predicted octanol–water partition coefficient (Wildman–Crippen LogP) is 3.11. The topological polar surface area (TPSA) is 39.4 Å². The number of aromatic nitrogens is 2. The molecule has 0 spiro atoms. The molecule has 1 aromatic rings. The molecule has 4 heteroatoms. The Balaban J connectivity index is 1.92. The van der Waals surface area contributed by atoms with E-state index in [0.29, 0.717) is 6.04 Å². The van der Waals surface area contributed by atoms with Gasteiger partial charge < -0.3 is 4.74 Å².